The highest BCUT2D eigenvalue weighted by atomic mass is 79.9. The summed E-state index contributed by atoms with van der Waals surface area (Å²) in [5.74, 6) is 0. The first kappa shape index (κ1) is 12.8. The number of benzene rings is 1. The first-order valence-electron chi connectivity index (χ1n) is 6.12. The minimum Gasteiger partial charge on any atom is -0.327 e. The summed E-state index contributed by atoms with van der Waals surface area (Å²) in [5.41, 5.74) is 8.54. The van der Waals surface area contributed by atoms with Crippen LogP contribution in [0.2, 0.25) is 0 Å². The average Bonchev–Trinajstić information content (AvgIpc) is 2.92. The number of aromatic nitrogens is 2. The van der Waals surface area contributed by atoms with Crippen LogP contribution in [0.4, 0.5) is 0 Å². The fourth-order valence-electron chi connectivity index (χ4n) is 2.16. The second-order valence-corrected chi connectivity index (χ2v) is 6.31. The molecule has 5 heteroatoms. The SMILES string of the molecule is NC(Cc1cn2ccsc2n1)Cc1ccccc1Br. The largest absolute Gasteiger partial charge is 0.327 e. The smallest absolute Gasteiger partial charge is 0.193 e. The number of nitrogens with two attached hydrogens (primary N) is 1. The lowest BCUT2D eigenvalue weighted by Crippen LogP contribution is -2.25. The van der Waals surface area contributed by atoms with Gasteiger partial charge in [-0.1, -0.05) is 34.1 Å². The third kappa shape index (κ3) is 2.88. The predicted octanol–water partition coefficient (Wildman–Crippen LogP) is 3.27. The number of rotatable bonds is 4. The number of nitrogens with zero attached hydrogens (tertiary/aromatic N) is 2. The lowest BCUT2D eigenvalue weighted by molar-refractivity contribution is 0.655. The van der Waals surface area contributed by atoms with Gasteiger partial charge in [0, 0.05) is 34.7 Å². The molecule has 0 saturated carbocycles. The molecule has 1 atom stereocenters. The molecule has 3 rings (SSSR count). The molecule has 2 heterocycles. The van der Waals surface area contributed by atoms with Crippen LogP contribution in [0, 0.1) is 0 Å². The maximum atomic E-state index is 6.23. The van der Waals surface area contributed by atoms with E-state index < -0.39 is 0 Å². The van der Waals surface area contributed by atoms with Gasteiger partial charge in [0.1, 0.15) is 0 Å². The number of imidazole rings is 1. The van der Waals surface area contributed by atoms with Crippen molar-refractivity contribution in [2.24, 2.45) is 5.73 Å². The van der Waals surface area contributed by atoms with Crippen LogP contribution >= 0.6 is 27.3 Å². The molecule has 0 fully saturated rings. The van der Waals surface area contributed by atoms with Crippen LogP contribution in [0.5, 0.6) is 0 Å². The Labute approximate surface area is 124 Å². The van der Waals surface area contributed by atoms with Crippen molar-refractivity contribution in [3.63, 3.8) is 0 Å². The molecular weight excluding hydrogens is 322 g/mol. The third-order valence-corrected chi connectivity index (χ3v) is 4.60. The molecule has 1 unspecified atom stereocenters. The van der Waals surface area contributed by atoms with Crippen LogP contribution in [0.25, 0.3) is 4.96 Å². The Morgan fingerprint density at radius 1 is 1.32 bits per heavy atom. The minimum atomic E-state index is 0.0864. The summed E-state index contributed by atoms with van der Waals surface area (Å²) in [6, 6.07) is 8.30. The maximum Gasteiger partial charge on any atom is 0.193 e. The summed E-state index contributed by atoms with van der Waals surface area (Å²) in [5, 5.41) is 2.03. The topological polar surface area (TPSA) is 43.3 Å². The van der Waals surface area contributed by atoms with Crippen molar-refractivity contribution >= 4 is 32.2 Å². The summed E-state index contributed by atoms with van der Waals surface area (Å²) in [6.45, 7) is 0. The highest BCUT2D eigenvalue weighted by molar-refractivity contribution is 9.10. The van der Waals surface area contributed by atoms with E-state index in [1.54, 1.807) is 11.3 Å². The van der Waals surface area contributed by atoms with Gasteiger partial charge in [-0.05, 0) is 18.1 Å². The van der Waals surface area contributed by atoms with Crippen molar-refractivity contribution in [1.82, 2.24) is 9.38 Å². The molecule has 3 aromatic rings. The zero-order chi connectivity index (χ0) is 13.2. The molecule has 98 valence electrons. The van der Waals surface area contributed by atoms with Crippen molar-refractivity contribution in [2.75, 3.05) is 0 Å². The molecule has 0 aliphatic rings. The third-order valence-electron chi connectivity index (χ3n) is 3.05. The number of hydrogen-bond donors (Lipinski definition) is 1. The Bertz CT molecular complexity index is 660. The molecule has 1 aromatic carbocycles. The van der Waals surface area contributed by atoms with Crippen LogP contribution in [0.15, 0.2) is 46.5 Å². The summed E-state index contributed by atoms with van der Waals surface area (Å²) >= 11 is 5.20. The molecule has 0 aliphatic heterocycles. The minimum absolute atomic E-state index is 0.0864. The van der Waals surface area contributed by atoms with E-state index in [0.717, 1.165) is 28.0 Å². The maximum absolute atomic E-state index is 6.23. The van der Waals surface area contributed by atoms with Gasteiger partial charge in [0.2, 0.25) is 0 Å². The van der Waals surface area contributed by atoms with Crippen LogP contribution in [-0.4, -0.2) is 15.4 Å². The number of thiazole rings is 1. The van der Waals surface area contributed by atoms with Crippen LogP contribution in [0.3, 0.4) is 0 Å². The van der Waals surface area contributed by atoms with Crippen molar-refractivity contribution < 1.29 is 0 Å². The Morgan fingerprint density at radius 3 is 2.95 bits per heavy atom. The molecule has 3 nitrogen and oxygen atoms in total. The first-order valence-corrected chi connectivity index (χ1v) is 7.79. The molecule has 0 aliphatic carbocycles. The Hall–Kier alpha value is -1.17. The second kappa shape index (κ2) is 5.45. The van der Waals surface area contributed by atoms with E-state index in [9.17, 15) is 0 Å². The molecule has 2 aromatic heterocycles. The van der Waals surface area contributed by atoms with Gasteiger partial charge in [-0.15, -0.1) is 11.3 Å². The molecular formula is C14H14BrN3S. The van der Waals surface area contributed by atoms with Crippen molar-refractivity contribution in [3.05, 3.63) is 57.8 Å². The average molecular weight is 336 g/mol. The van der Waals surface area contributed by atoms with Gasteiger partial charge in [-0.25, -0.2) is 4.98 Å². The molecule has 0 amide bonds. The lowest BCUT2D eigenvalue weighted by atomic mass is 10.0. The van der Waals surface area contributed by atoms with Gasteiger partial charge in [0.15, 0.2) is 4.96 Å². The van der Waals surface area contributed by atoms with Crippen molar-refractivity contribution in [3.8, 4) is 0 Å². The zero-order valence-electron chi connectivity index (χ0n) is 10.3. The van der Waals surface area contributed by atoms with E-state index in [1.165, 1.54) is 5.56 Å². The Kier molecular flexibility index (Phi) is 3.68. The van der Waals surface area contributed by atoms with Gasteiger partial charge in [-0.3, -0.25) is 4.40 Å². The van der Waals surface area contributed by atoms with E-state index in [2.05, 4.69) is 39.2 Å². The fraction of sp³-hybridized carbons (Fsp3) is 0.214. The van der Waals surface area contributed by atoms with Gasteiger partial charge in [0.25, 0.3) is 0 Å². The fourth-order valence-corrected chi connectivity index (χ4v) is 3.33. The summed E-state index contributed by atoms with van der Waals surface area (Å²) < 4.78 is 3.17. The number of halogens is 1. The van der Waals surface area contributed by atoms with Crippen molar-refractivity contribution in [1.29, 1.82) is 0 Å². The van der Waals surface area contributed by atoms with E-state index >= 15 is 0 Å². The van der Waals surface area contributed by atoms with E-state index in [4.69, 9.17) is 5.73 Å². The Morgan fingerprint density at radius 2 is 2.16 bits per heavy atom. The van der Waals surface area contributed by atoms with E-state index in [0.29, 0.717) is 0 Å². The van der Waals surface area contributed by atoms with Crippen molar-refractivity contribution in [2.45, 2.75) is 18.9 Å². The first-order chi connectivity index (χ1) is 9.22. The van der Waals surface area contributed by atoms with Gasteiger partial charge < -0.3 is 5.73 Å². The van der Waals surface area contributed by atoms with Crippen LogP contribution < -0.4 is 5.73 Å². The normalized spacial score (nSPS) is 12.9. The predicted molar refractivity (Wildman–Crippen MR) is 82.6 cm³/mol. The monoisotopic (exact) mass is 335 g/mol. The van der Waals surface area contributed by atoms with E-state index in [-0.39, 0.29) is 6.04 Å². The molecule has 2 N–H and O–H groups in total. The molecule has 19 heavy (non-hydrogen) atoms. The molecule has 0 saturated heterocycles. The van der Waals surface area contributed by atoms with Crippen LogP contribution in [-0.2, 0) is 12.8 Å². The van der Waals surface area contributed by atoms with Gasteiger partial charge >= 0.3 is 0 Å². The second-order valence-electron chi connectivity index (χ2n) is 4.58. The molecule has 0 spiro atoms. The lowest BCUT2D eigenvalue weighted by Gasteiger charge is -2.11. The Balaban J connectivity index is 1.70. The molecule has 0 bridgehead atoms. The van der Waals surface area contributed by atoms with Gasteiger partial charge in [-0.2, -0.15) is 0 Å². The summed E-state index contributed by atoms with van der Waals surface area (Å²) in [6.07, 6.45) is 5.74. The summed E-state index contributed by atoms with van der Waals surface area (Å²) in [4.78, 5) is 5.60. The molecule has 0 radical (unpaired) electrons. The van der Waals surface area contributed by atoms with E-state index in [1.807, 2.05) is 28.1 Å². The number of hydrogen-bond acceptors (Lipinski definition) is 3. The zero-order valence-corrected chi connectivity index (χ0v) is 12.7. The highest BCUT2D eigenvalue weighted by Crippen LogP contribution is 2.18. The standard InChI is InChI=1S/C14H14BrN3S/c15-13-4-2-1-3-10(13)7-11(16)8-12-9-18-5-6-19-14(18)17-12/h1-6,9,11H,7-8,16H2. The van der Waals surface area contributed by atoms with Gasteiger partial charge in [0.05, 0.1) is 5.69 Å². The summed E-state index contributed by atoms with van der Waals surface area (Å²) in [7, 11) is 0. The number of fused-ring (bicyclic) bond motifs is 1. The van der Waals surface area contributed by atoms with Crippen LogP contribution in [0.1, 0.15) is 11.3 Å². The quantitative estimate of drug-likeness (QED) is 0.795. The highest BCUT2D eigenvalue weighted by Gasteiger charge is 2.10.